The Balaban J connectivity index is 2.31. The van der Waals surface area contributed by atoms with Crippen LogP contribution in [-0.2, 0) is 0 Å². The molecule has 0 aromatic heterocycles. The van der Waals surface area contributed by atoms with E-state index in [9.17, 15) is 5.11 Å². The van der Waals surface area contributed by atoms with Crippen LogP contribution in [-0.4, -0.2) is 11.2 Å². The van der Waals surface area contributed by atoms with Crippen molar-refractivity contribution in [2.45, 2.75) is 46.6 Å². The summed E-state index contributed by atoms with van der Waals surface area (Å²) in [7, 11) is 0. The molecule has 4 atom stereocenters. The second kappa shape index (κ2) is 4.37. The summed E-state index contributed by atoms with van der Waals surface area (Å²) in [5.41, 5.74) is 2.62. The van der Waals surface area contributed by atoms with Gasteiger partial charge in [0, 0.05) is 5.92 Å². The molecule has 0 heterocycles. The zero-order valence-electron chi connectivity index (χ0n) is 10.9. The Hall–Kier alpha value is -0.560. The lowest BCUT2D eigenvalue weighted by Crippen LogP contribution is -2.32. The molecule has 1 N–H and O–H groups in total. The molecule has 0 aliphatic heterocycles. The number of aliphatic hydroxyl groups excluding tert-OH is 1. The smallest absolute Gasteiger partial charge is 0.0932 e. The van der Waals surface area contributed by atoms with Crippen LogP contribution in [0.3, 0.4) is 0 Å². The molecule has 2 aliphatic carbocycles. The highest BCUT2D eigenvalue weighted by Gasteiger charge is 2.35. The summed E-state index contributed by atoms with van der Waals surface area (Å²) in [5, 5.41) is 9.91. The van der Waals surface area contributed by atoms with Crippen molar-refractivity contribution >= 4 is 0 Å². The molecule has 0 amide bonds. The molecule has 0 spiro atoms. The van der Waals surface area contributed by atoms with Crippen LogP contribution in [0.25, 0.3) is 0 Å². The second-order valence-corrected chi connectivity index (χ2v) is 5.93. The average Bonchev–Trinajstić information content (AvgIpc) is 2.21. The Morgan fingerprint density at radius 2 is 1.94 bits per heavy atom. The van der Waals surface area contributed by atoms with Crippen molar-refractivity contribution in [1.29, 1.82) is 0 Å². The first kappa shape index (κ1) is 11.9. The standard InChI is InChI=1S/C15H24O/c1-9(2)12-6-5-10(3)13-8-15(16)11(4)7-14(12)13/h7-10,12,14-16H,5-6H2,1-4H3. The molecule has 1 nitrogen and oxygen atoms in total. The van der Waals surface area contributed by atoms with Gasteiger partial charge in [0.1, 0.15) is 0 Å². The lowest BCUT2D eigenvalue weighted by Gasteiger charge is -2.41. The number of rotatable bonds is 1. The van der Waals surface area contributed by atoms with Gasteiger partial charge < -0.3 is 5.11 Å². The van der Waals surface area contributed by atoms with Crippen molar-refractivity contribution in [3.8, 4) is 0 Å². The maximum Gasteiger partial charge on any atom is 0.0932 e. The van der Waals surface area contributed by atoms with Crippen LogP contribution >= 0.6 is 0 Å². The van der Waals surface area contributed by atoms with Gasteiger partial charge in [0.05, 0.1) is 6.10 Å². The fraction of sp³-hybridized carbons (Fsp3) is 0.733. The molecule has 0 bridgehead atoms. The van der Waals surface area contributed by atoms with Gasteiger partial charge in [-0.3, -0.25) is 0 Å². The molecule has 0 aromatic rings. The summed E-state index contributed by atoms with van der Waals surface area (Å²) in [5.74, 6) is 2.75. The summed E-state index contributed by atoms with van der Waals surface area (Å²) in [6, 6.07) is 0. The van der Waals surface area contributed by atoms with Crippen LogP contribution in [0, 0.1) is 23.7 Å². The number of aliphatic hydroxyl groups is 1. The van der Waals surface area contributed by atoms with Gasteiger partial charge in [0.25, 0.3) is 0 Å². The van der Waals surface area contributed by atoms with Crippen LogP contribution in [0.1, 0.15) is 40.5 Å². The molecular formula is C15H24O. The largest absolute Gasteiger partial charge is 0.385 e. The van der Waals surface area contributed by atoms with Gasteiger partial charge in [-0.2, -0.15) is 0 Å². The molecule has 0 radical (unpaired) electrons. The van der Waals surface area contributed by atoms with E-state index in [-0.39, 0.29) is 6.10 Å². The molecule has 1 heteroatoms. The molecule has 2 aliphatic rings. The Kier molecular flexibility index (Phi) is 3.25. The third-order valence-electron chi connectivity index (χ3n) is 4.46. The van der Waals surface area contributed by atoms with Crippen molar-refractivity contribution in [2.75, 3.05) is 0 Å². The summed E-state index contributed by atoms with van der Waals surface area (Å²) in [6.07, 6.45) is 6.71. The predicted molar refractivity (Wildman–Crippen MR) is 68.1 cm³/mol. The lowest BCUT2D eigenvalue weighted by atomic mass is 9.65. The van der Waals surface area contributed by atoms with E-state index < -0.39 is 0 Å². The fourth-order valence-electron chi connectivity index (χ4n) is 3.30. The number of hydrogen-bond donors (Lipinski definition) is 1. The second-order valence-electron chi connectivity index (χ2n) is 5.93. The molecule has 0 aromatic carbocycles. The zero-order chi connectivity index (χ0) is 11.9. The predicted octanol–water partition coefficient (Wildman–Crippen LogP) is 3.55. The van der Waals surface area contributed by atoms with Crippen molar-refractivity contribution in [3.63, 3.8) is 0 Å². The topological polar surface area (TPSA) is 20.2 Å². The summed E-state index contributed by atoms with van der Waals surface area (Å²) >= 11 is 0. The molecular weight excluding hydrogens is 196 g/mol. The Labute approximate surface area is 99.3 Å². The minimum Gasteiger partial charge on any atom is -0.385 e. The fourth-order valence-corrected chi connectivity index (χ4v) is 3.30. The van der Waals surface area contributed by atoms with E-state index in [0.29, 0.717) is 11.8 Å². The highest BCUT2D eigenvalue weighted by atomic mass is 16.3. The average molecular weight is 220 g/mol. The van der Waals surface area contributed by atoms with Gasteiger partial charge in [-0.05, 0) is 43.1 Å². The van der Waals surface area contributed by atoms with Gasteiger partial charge in [0.2, 0.25) is 0 Å². The minimum atomic E-state index is -0.334. The monoisotopic (exact) mass is 220 g/mol. The third kappa shape index (κ3) is 1.98. The van der Waals surface area contributed by atoms with Gasteiger partial charge in [0.15, 0.2) is 0 Å². The van der Waals surface area contributed by atoms with E-state index in [0.717, 1.165) is 17.4 Å². The van der Waals surface area contributed by atoms with Gasteiger partial charge in [-0.1, -0.05) is 38.5 Å². The number of fused-ring (bicyclic) bond motifs is 1. The van der Waals surface area contributed by atoms with Gasteiger partial charge in [-0.15, -0.1) is 0 Å². The normalized spacial score (nSPS) is 39.1. The van der Waals surface area contributed by atoms with E-state index in [4.69, 9.17) is 0 Å². The zero-order valence-corrected chi connectivity index (χ0v) is 10.9. The highest BCUT2D eigenvalue weighted by molar-refractivity contribution is 5.32. The first-order chi connectivity index (χ1) is 7.50. The minimum absolute atomic E-state index is 0.334. The summed E-state index contributed by atoms with van der Waals surface area (Å²) in [6.45, 7) is 9.00. The van der Waals surface area contributed by atoms with Crippen molar-refractivity contribution < 1.29 is 5.11 Å². The van der Waals surface area contributed by atoms with Crippen molar-refractivity contribution in [2.24, 2.45) is 23.7 Å². The first-order valence-corrected chi connectivity index (χ1v) is 6.58. The summed E-state index contributed by atoms with van der Waals surface area (Å²) in [4.78, 5) is 0. The highest BCUT2D eigenvalue weighted by Crippen LogP contribution is 2.45. The van der Waals surface area contributed by atoms with Crippen molar-refractivity contribution in [3.05, 3.63) is 23.3 Å². The number of allylic oxidation sites excluding steroid dienone is 2. The molecule has 2 rings (SSSR count). The molecule has 4 unspecified atom stereocenters. The van der Waals surface area contributed by atoms with Gasteiger partial charge >= 0.3 is 0 Å². The Bertz CT molecular complexity index is 324. The van der Waals surface area contributed by atoms with Crippen LogP contribution in [0.4, 0.5) is 0 Å². The van der Waals surface area contributed by atoms with E-state index in [1.54, 1.807) is 0 Å². The van der Waals surface area contributed by atoms with E-state index in [2.05, 4.69) is 39.8 Å². The van der Waals surface area contributed by atoms with E-state index in [1.807, 2.05) is 0 Å². The summed E-state index contributed by atoms with van der Waals surface area (Å²) < 4.78 is 0. The van der Waals surface area contributed by atoms with Crippen LogP contribution in [0.2, 0.25) is 0 Å². The van der Waals surface area contributed by atoms with E-state index in [1.165, 1.54) is 18.4 Å². The quantitative estimate of drug-likeness (QED) is 0.670. The lowest BCUT2D eigenvalue weighted by molar-refractivity contribution is 0.209. The Morgan fingerprint density at radius 1 is 1.25 bits per heavy atom. The van der Waals surface area contributed by atoms with Crippen LogP contribution in [0.5, 0.6) is 0 Å². The molecule has 1 saturated carbocycles. The maximum atomic E-state index is 9.91. The molecule has 0 saturated heterocycles. The van der Waals surface area contributed by atoms with E-state index >= 15 is 0 Å². The molecule has 1 fully saturated rings. The van der Waals surface area contributed by atoms with Gasteiger partial charge in [-0.25, -0.2) is 0 Å². The van der Waals surface area contributed by atoms with Crippen molar-refractivity contribution in [1.82, 2.24) is 0 Å². The van der Waals surface area contributed by atoms with Crippen LogP contribution in [0.15, 0.2) is 23.3 Å². The van der Waals surface area contributed by atoms with Crippen LogP contribution < -0.4 is 0 Å². The Morgan fingerprint density at radius 3 is 2.56 bits per heavy atom. The molecule has 16 heavy (non-hydrogen) atoms. The maximum absolute atomic E-state index is 9.91. The first-order valence-electron chi connectivity index (χ1n) is 6.58. The SMILES string of the molecule is CC1=CC2C(=CC1O)C(C)CCC2C(C)C. The molecule has 90 valence electrons. The number of hydrogen-bond acceptors (Lipinski definition) is 1. The third-order valence-corrected chi connectivity index (χ3v) is 4.46.